The number of fused-ring (bicyclic) bond motifs is 2. The highest BCUT2D eigenvalue weighted by molar-refractivity contribution is 6.23. The molecule has 1 nitrogen and oxygen atoms in total. The average molecular weight is 286 g/mol. The molecule has 5 rings (SSSR count). The Balaban J connectivity index is 2.08. The molecule has 0 radical (unpaired) electrons. The van der Waals surface area contributed by atoms with Gasteiger partial charge in [-0.25, -0.2) is 0 Å². The maximum absolute atomic E-state index is 11.0. The molecule has 4 aromatic carbocycles. The molecule has 1 unspecified atom stereocenters. The Hall–Kier alpha value is -2.12. The van der Waals surface area contributed by atoms with Crippen molar-refractivity contribution in [3.63, 3.8) is 0 Å². The maximum Gasteiger partial charge on any atom is 0.0877 e. The second-order valence-electron chi connectivity index (χ2n) is 6.89. The molecule has 1 aliphatic rings. The summed E-state index contributed by atoms with van der Waals surface area (Å²) in [6.07, 6.45) is 2.99. The van der Waals surface area contributed by atoms with Crippen LogP contribution in [0.25, 0.3) is 32.3 Å². The minimum absolute atomic E-state index is 0.712. The number of benzene rings is 4. The summed E-state index contributed by atoms with van der Waals surface area (Å²) in [6.45, 7) is 1.97. The predicted octanol–water partition coefficient (Wildman–Crippen LogP) is 5.13. The van der Waals surface area contributed by atoms with Gasteiger partial charge in [0, 0.05) is 0 Å². The molecule has 22 heavy (non-hydrogen) atoms. The zero-order valence-corrected chi connectivity index (χ0v) is 12.7. The Morgan fingerprint density at radius 2 is 1.64 bits per heavy atom. The molecule has 0 amide bonds. The van der Waals surface area contributed by atoms with Gasteiger partial charge in [0.2, 0.25) is 0 Å². The average Bonchev–Trinajstić information content (AvgIpc) is 2.51. The van der Waals surface area contributed by atoms with E-state index in [0.29, 0.717) is 0 Å². The van der Waals surface area contributed by atoms with Crippen LogP contribution in [-0.4, -0.2) is 5.11 Å². The van der Waals surface area contributed by atoms with E-state index in [0.717, 1.165) is 24.8 Å². The lowest BCUT2D eigenvalue weighted by molar-refractivity contribution is 0.0404. The van der Waals surface area contributed by atoms with Gasteiger partial charge < -0.3 is 5.11 Å². The third-order valence-electron chi connectivity index (χ3n) is 5.38. The van der Waals surface area contributed by atoms with E-state index in [1.807, 2.05) is 6.92 Å². The van der Waals surface area contributed by atoms with E-state index in [2.05, 4.69) is 48.5 Å². The summed E-state index contributed by atoms with van der Waals surface area (Å²) in [5.74, 6) is 0. The van der Waals surface area contributed by atoms with E-state index in [1.54, 1.807) is 0 Å². The fourth-order valence-corrected chi connectivity index (χ4v) is 4.45. The van der Waals surface area contributed by atoms with Gasteiger partial charge in [0.15, 0.2) is 0 Å². The molecule has 0 fully saturated rings. The van der Waals surface area contributed by atoms with Crippen LogP contribution in [-0.2, 0) is 12.0 Å². The summed E-state index contributed by atoms with van der Waals surface area (Å²) in [7, 11) is 0. The zero-order valence-electron chi connectivity index (χ0n) is 12.7. The fraction of sp³-hybridized carbons (Fsp3) is 0.238. The number of aryl methyl sites for hydroxylation is 1. The lowest BCUT2D eigenvalue weighted by Crippen LogP contribution is -2.27. The first-order valence-corrected chi connectivity index (χ1v) is 8.07. The molecular formula is C21H18O. The zero-order chi connectivity index (χ0) is 14.9. The van der Waals surface area contributed by atoms with Crippen LogP contribution in [0, 0.1) is 0 Å². The van der Waals surface area contributed by atoms with Crippen LogP contribution >= 0.6 is 0 Å². The van der Waals surface area contributed by atoms with Gasteiger partial charge >= 0.3 is 0 Å². The minimum Gasteiger partial charge on any atom is -0.385 e. The number of aliphatic hydroxyl groups is 1. The molecule has 108 valence electrons. The minimum atomic E-state index is -0.712. The van der Waals surface area contributed by atoms with Gasteiger partial charge in [-0.3, -0.25) is 0 Å². The summed E-state index contributed by atoms with van der Waals surface area (Å²) in [5, 5.41) is 18.7. The molecule has 0 heterocycles. The van der Waals surface area contributed by atoms with Crippen LogP contribution in [0.3, 0.4) is 0 Å². The Labute approximate surface area is 129 Å². The molecule has 4 aromatic rings. The van der Waals surface area contributed by atoms with Crippen molar-refractivity contribution in [3.05, 3.63) is 59.7 Å². The van der Waals surface area contributed by atoms with E-state index < -0.39 is 5.60 Å². The highest BCUT2D eigenvalue weighted by Crippen LogP contribution is 2.44. The van der Waals surface area contributed by atoms with Crippen molar-refractivity contribution >= 4 is 32.3 Å². The number of hydrogen-bond donors (Lipinski definition) is 1. The molecule has 0 saturated carbocycles. The summed E-state index contributed by atoms with van der Waals surface area (Å²) >= 11 is 0. The molecule has 0 bridgehead atoms. The Morgan fingerprint density at radius 3 is 2.45 bits per heavy atom. The highest BCUT2D eigenvalue weighted by Gasteiger charge is 2.32. The lowest BCUT2D eigenvalue weighted by atomic mass is 9.76. The van der Waals surface area contributed by atoms with Crippen LogP contribution < -0.4 is 0 Å². The normalized spacial score (nSPS) is 21.7. The Kier molecular flexibility index (Phi) is 2.26. The van der Waals surface area contributed by atoms with Gasteiger partial charge in [-0.2, -0.15) is 0 Å². The van der Waals surface area contributed by atoms with Crippen LogP contribution in [0.4, 0.5) is 0 Å². The van der Waals surface area contributed by atoms with Gasteiger partial charge in [0.1, 0.15) is 0 Å². The highest BCUT2D eigenvalue weighted by atomic mass is 16.3. The second-order valence-corrected chi connectivity index (χ2v) is 6.89. The van der Waals surface area contributed by atoms with Crippen molar-refractivity contribution < 1.29 is 5.11 Å². The largest absolute Gasteiger partial charge is 0.385 e. The summed E-state index contributed by atoms with van der Waals surface area (Å²) < 4.78 is 0. The van der Waals surface area contributed by atoms with Gasteiger partial charge in [0.05, 0.1) is 5.60 Å². The predicted molar refractivity (Wildman–Crippen MR) is 92.7 cm³/mol. The second kappa shape index (κ2) is 3.99. The SMILES string of the molecule is CC1(O)CCCc2cc3ccc4cccc5ccc(c21)c3c45. The summed E-state index contributed by atoms with van der Waals surface area (Å²) in [4.78, 5) is 0. The molecule has 1 aliphatic carbocycles. The number of rotatable bonds is 0. The van der Waals surface area contributed by atoms with Crippen molar-refractivity contribution in [2.45, 2.75) is 31.8 Å². The first-order valence-electron chi connectivity index (χ1n) is 8.07. The molecule has 0 spiro atoms. The van der Waals surface area contributed by atoms with Gasteiger partial charge in [-0.1, -0.05) is 48.5 Å². The first-order chi connectivity index (χ1) is 10.6. The Bertz CT molecular complexity index is 1010. The smallest absolute Gasteiger partial charge is 0.0877 e. The summed E-state index contributed by atoms with van der Waals surface area (Å²) in [5.41, 5.74) is 1.77. The van der Waals surface area contributed by atoms with Crippen LogP contribution in [0.15, 0.2) is 48.5 Å². The van der Waals surface area contributed by atoms with E-state index in [-0.39, 0.29) is 0 Å². The van der Waals surface area contributed by atoms with Gasteiger partial charge in [-0.05, 0) is 69.6 Å². The molecule has 0 aliphatic heterocycles. The van der Waals surface area contributed by atoms with Crippen molar-refractivity contribution in [2.75, 3.05) is 0 Å². The maximum atomic E-state index is 11.0. The van der Waals surface area contributed by atoms with Crippen LogP contribution in [0.2, 0.25) is 0 Å². The van der Waals surface area contributed by atoms with E-state index in [4.69, 9.17) is 0 Å². The van der Waals surface area contributed by atoms with Crippen molar-refractivity contribution in [1.29, 1.82) is 0 Å². The topological polar surface area (TPSA) is 20.2 Å². The molecule has 0 saturated heterocycles. The van der Waals surface area contributed by atoms with Crippen molar-refractivity contribution in [2.24, 2.45) is 0 Å². The molecule has 1 N–H and O–H groups in total. The first kappa shape index (κ1) is 12.4. The Morgan fingerprint density at radius 1 is 0.909 bits per heavy atom. The third-order valence-corrected chi connectivity index (χ3v) is 5.38. The van der Waals surface area contributed by atoms with E-state index in [1.165, 1.54) is 37.9 Å². The molecule has 1 heteroatoms. The molecule has 0 aromatic heterocycles. The monoisotopic (exact) mass is 286 g/mol. The summed E-state index contributed by atoms with van der Waals surface area (Å²) in [6, 6.07) is 17.6. The van der Waals surface area contributed by atoms with Crippen LogP contribution in [0.1, 0.15) is 30.9 Å². The van der Waals surface area contributed by atoms with Gasteiger partial charge in [-0.15, -0.1) is 0 Å². The van der Waals surface area contributed by atoms with E-state index >= 15 is 0 Å². The third kappa shape index (κ3) is 1.47. The quantitative estimate of drug-likeness (QED) is 0.444. The fourth-order valence-electron chi connectivity index (χ4n) is 4.45. The molecular weight excluding hydrogens is 268 g/mol. The van der Waals surface area contributed by atoms with Gasteiger partial charge in [0.25, 0.3) is 0 Å². The van der Waals surface area contributed by atoms with Crippen LogP contribution in [0.5, 0.6) is 0 Å². The lowest BCUT2D eigenvalue weighted by Gasteiger charge is -2.33. The van der Waals surface area contributed by atoms with Crippen molar-refractivity contribution in [3.8, 4) is 0 Å². The number of hydrogen-bond acceptors (Lipinski definition) is 1. The molecule has 1 atom stereocenters. The standard InChI is InChI=1S/C21H18O/c1-21(22)11-3-6-16-12-15-8-7-13-4-2-5-14-9-10-17(20(16)21)19(15)18(13)14/h2,4-5,7-10,12,22H,3,6,11H2,1H3. The van der Waals surface area contributed by atoms with Crippen molar-refractivity contribution in [1.82, 2.24) is 0 Å². The van der Waals surface area contributed by atoms with E-state index in [9.17, 15) is 5.11 Å².